The third kappa shape index (κ3) is 6.97. The van der Waals surface area contributed by atoms with Crippen LogP contribution in [-0.2, 0) is 11.4 Å². The van der Waals surface area contributed by atoms with Crippen molar-refractivity contribution in [2.24, 2.45) is 0 Å². The standard InChI is InChI=1S/C26H22F3N3O5S/c1-16-13-20(9-12-22(16)36-15-24(33)34)35-14-23-30-25(17-3-7-19(8-4-17)37-26(27,28)29)32(31-23)18-5-10-21(38-2)11-6-18/h3-13H,14-15H2,1-2H3,(H,33,34). The first-order valence-corrected chi connectivity index (χ1v) is 12.4. The average Bonchev–Trinajstić information content (AvgIpc) is 3.30. The lowest BCUT2D eigenvalue weighted by Crippen LogP contribution is -2.16. The molecular formula is C26H22F3N3O5S. The number of carboxylic acids is 1. The maximum Gasteiger partial charge on any atom is 0.573 e. The number of aliphatic carboxylic acids is 1. The molecule has 1 N–H and O–H groups in total. The monoisotopic (exact) mass is 545 g/mol. The van der Waals surface area contributed by atoms with Gasteiger partial charge in [0.25, 0.3) is 0 Å². The van der Waals surface area contributed by atoms with Crippen molar-refractivity contribution < 1.29 is 37.3 Å². The van der Waals surface area contributed by atoms with Crippen LogP contribution in [0.5, 0.6) is 17.2 Å². The summed E-state index contributed by atoms with van der Waals surface area (Å²) in [5.74, 6) is 0.261. The number of carboxylic acid groups (broad SMARTS) is 1. The predicted octanol–water partition coefficient (Wildman–Crippen LogP) is 5.91. The second-order valence-corrected chi connectivity index (χ2v) is 8.81. The number of benzene rings is 3. The number of hydrogen-bond donors (Lipinski definition) is 1. The van der Waals surface area contributed by atoms with Crippen molar-refractivity contribution in [3.8, 4) is 34.3 Å². The summed E-state index contributed by atoms with van der Waals surface area (Å²) >= 11 is 1.59. The number of nitrogens with zero attached hydrogens (tertiary/aromatic N) is 3. The summed E-state index contributed by atoms with van der Waals surface area (Å²) < 4.78 is 54.3. The van der Waals surface area contributed by atoms with Gasteiger partial charge in [-0.05, 0) is 85.5 Å². The molecule has 0 aliphatic heterocycles. The molecule has 0 fully saturated rings. The Morgan fingerprint density at radius 2 is 1.68 bits per heavy atom. The summed E-state index contributed by atoms with van der Waals surface area (Å²) in [6, 6.07) is 17.9. The van der Waals surface area contributed by atoms with Crippen LogP contribution in [0.25, 0.3) is 17.1 Å². The van der Waals surface area contributed by atoms with Crippen LogP contribution in [-0.4, -0.2) is 45.1 Å². The number of aryl methyl sites for hydroxylation is 1. The minimum Gasteiger partial charge on any atom is -0.486 e. The van der Waals surface area contributed by atoms with Crippen LogP contribution < -0.4 is 14.2 Å². The molecule has 38 heavy (non-hydrogen) atoms. The van der Waals surface area contributed by atoms with Crippen molar-refractivity contribution in [1.82, 2.24) is 14.8 Å². The highest BCUT2D eigenvalue weighted by Crippen LogP contribution is 2.28. The SMILES string of the molecule is CSc1ccc(-n2nc(COc3ccc(OCC(=O)O)c(C)c3)nc2-c2ccc(OC(F)(F)F)cc2)cc1. The fraction of sp³-hybridized carbons (Fsp3) is 0.192. The second-order valence-electron chi connectivity index (χ2n) is 7.93. The molecule has 0 spiro atoms. The molecule has 8 nitrogen and oxygen atoms in total. The zero-order valence-electron chi connectivity index (χ0n) is 20.2. The summed E-state index contributed by atoms with van der Waals surface area (Å²) in [4.78, 5) is 16.4. The van der Waals surface area contributed by atoms with Gasteiger partial charge < -0.3 is 19.3 Å². The van der Waals surface area contributed by atoms with E-state index < -0.39 is 18.9 Å². The highest BCUT2D eigenvalue weighted by atomic mass is 32.2. The van der Waals surface area contributed by atoms with Gasteiger partial charge in [-0.3, -0.25) is 0 Å². The van der Waals surface area contributed by atoms with Gasteiger partial charge in [-0.25, -0.2) is 14.5 Å². The maximum absolute atomic E-state index is 12.6. The first kappa shape index (κ1) is 26.9. The third-order valence-corrected chi connectivity index (χ3v) is 5.92. The summed E-state index contributed by atoms with van der Waals surface area (Å²) in [6.45, 7) is 1.32. The summed E-state index contributed by atoms with van der Waals surface area (Å²) in [5, 5.41) is 13.4. The minimum atomic E-state index is -4.79. The summed E-state index contributed by atoms with van der Waals surface area (Å²) in [5.41, 5.74) is 1.93. The topological polar surface area (TPSA) is 95.7 Å². The van der Waals surface area contributed by atoms with Gasteiger partial charge in [-0.2, -0.15) is 0 Å². The molecule has 198 valence electrons. The fourth-order valence-corrected chi connectivity index (χ4v) is 3.88. The number of rotatable bonds is 10. The lowest BCUT2D eigenvalue weighted by molar-refractivity contribution is -0.274. The van der Waals surface area contributed by atoms with E-state index in [4.69, 9.17) is 14.6 Å². The smallest absolute Gasteiger partial charge is 0.486 e. The Labute approximate surface area is 220 Å². The van der Waals surface area contributed by atoms with Crippen molar-refractivity contribution in [3.63, 3.8) is 0 Å². The number of hydrogen-bond acceptors (Lipinski definition) is 7. The average molecular weight is 546 g/mol. The van der Waals surface area contributed by atoms with Gasteiger partial charge in [0, 0.05) is 10.5 Å². The molecule has 0 saturated carbocycles. The Morgan fingerprint density at radius 3 is 2.29 bits per heavy atom. The highest BCUT2D eigenvalue weighted by molar-refractivity contribution is 7.98. The molecule has 0 amide bonds. The summed E-state index contributed by atoms with van der Waals surface area (Å²) in [7, 11) is 0. The van der Waals surface area contributed by atoms with Crippen LogP contribution in [0.15, 0.2) is 71.6 Å². The van der Waals surface area contributed by atoms with Gasteiger partial charge in [-0.15, -0.1) is 30.0 Å². The lowest BCUT2D eigenvalue weighted by atomic mass is 10.2. The van der Waals surface area contributed by atoms with Crippen LogP contribution in [0.4, 0.5) is 13.2 Å². The van der Waals surface area contributed by atoms with Gasteiger partial charge in [0.15, 0.2) is 18.3 Å². The van der Waals surface area contributed by atoms with Gasteiger partial charge in [-0.1, -0.05) is 0 Å². The zero-order valence-corrected chi connectivity index (χ0v) is 21.0. The molecule has 0 radical (unpaired) electrons. The number of alkyl halides is 3. The first-order chi connectivity index (χ1) is 18.1. The van der Waals surface area contributed by atoms with E-state index in [1.54, 1.807) is 41.6 Å². The van der Waals surface area contributed by atoms with Crippen molar-refractivity contribution in [2.75, 3.05) is 12.9 Å². The Hall–Kier alpha value is -4.19. The Morgan fingerprint density at radius 1 is 1.00 bits per heavy atom. The Bertz CT molecular complexity index is 1410. The van der Waals surface area contributed by atoms with E-state index in [2.05, 4.69) is 14.8 Å². The number of thioether (sulfide) groups is 1. The lowest BCUT2D eigenvalue weighted by Gasteiger charge is -2.10. The molecule has 0 atom stereocenters. The van der Waals surface area contributed by atoms with E-state index in [0.29, 0.717) is 40.0 Å². The molecule has 12 heteroatoms. The summed E-state index contributed by atoms with van der Waals surface area (Å²) in [6.07, 6.45) is -2.83. The molecule has 0 unspecified atom stereocenters. The number of aromatic nitrogens is 3. The normalized spacial score (nSPS) is 11.3. The third-order valence-electron chi connectivity index (χ3n) is 5.18. The molecule has 3 aromatic carbocycles. The molecule has 1 aromatic heterocycles. The van der Waals surface area contributed by atoms with Gasteiger partial charge in [0.2, 0.25) is 0 Å². The minimum absolute atomic E-state index is 0.00688. The molecule has 1 heterocycles. The molecule has 4 aromatic rings. The van der Waals surface area contributed by atoms with Gasteiger partial charge in [0.1, 0.15) is 23.9 Å². The van der Waals surface area contributed by atoms with Crippen molar-refractivity contribution in [3.05, 3.63) is 78.1 Å². The van der Waals surface area contributed by atoms with Crippen LogP contribution in [0.2, 0.25) is 0 Å². The quantitative estimate of drug-likeness (QED) is 0.246. The molecular weight excluding hydrogens is 523 g/mol. The van der Waals surface area contributed by atoms with E-state index in [9.17, 15) is 18.0 Å². The molecule has 0 aliphatic rings. The van der Waals surface area contributed by atoms with Crippen LogP contribution >= 0.6 is 11.8 Å². The molecule has 0 aliphatic carbocycles. The van der Waals surface area contributed by atoms with Gasteiger partial charge in [0.05, 0.1) is 5.69 Å². The first-order valence-electron chi connectivity index (χ1n) is 11.2. The van der Waals surface area contributed by atoms with E-state index in [1.807, 2.05) is 30.5 Å². The predicted molar refractivity (Wildman–Crippen MR) is 134 cm³/mol. The van der Waals surface area contributed by atoms with Crippen molar-refractivity contribution in [1.29, 1.82) is 0 Å². The Kier molecular flexibility index (Phi) is 8.10. The fourth-order valence-electron chi connectivity index (χ4n) is 3.47. The number of carbonyl (C=O) groups is 1. The van der Waals surface area contributed by atoms with Gasteiger partial charge >= 0.3 is 12.3 Å². The Balaban J connectivity index is 1.59. The molecule has 4 rings (SSSR count). The van der Waals surface area contributed by atoms with Crippen LogP contribution in [0.3, 0.4) is 0 Å². The molecule has 0 bridgehead atoms. The van der Waals surface area contributed by atoms with Crippen LogP contribution in [0.1, 0.15) is 11.4 Å². The zero-order chi connectivity index (χ0) is 27.3. The number of halogens is 3. The van der Waals surface area contributed by atoms with E-state index in [1.165, 1.54) is 24.3 Å². The van der Waals surface area contributed by atoms with E-state index in [0.717, 1.165) is 4.90 Å². The van der Waals surface area contributed by atoms with Crippen molar-refractivity contribution in [2.45, 2.75) is 24.8 Å². The van der Waals surface area contributed by atoms with E-state index in [-0.39, 0.29) is 12.4 Å². The van der Waals surface area contributed by atoms with Crippen molar-refractivity contribution >= 4 is 17.7 Å². The molecule has 0 saturated heterocycles. The maximum atomic E-state index is 12.6. The largest absolute Gasteiger partial charge is 0.573 e. The van der Waals surface area contributed by atoms with E-state index >= 15 is 0 Å². The van der Waals surface area contributed by atoms with Crippen LogP contribution in [0, 0.1) is 6.92 Å². The highest BCUT2D eigenvalue weighted by Gasteiger charge is 2.31. The second kappa shape index (κ2) is 11.5. The number of ether oxygens (including phenoxy) is 3.